The molecule has 2 N–H and O–H groups in total. The lowest BCUT2D eigenvalue weighted by Crippen LogP contribution is -2.27. The molecular formula is C19H20ClN5O2S. The van der Waals surface area contributed by atoms with Crippen molar-refractivity contribution in [3.63, 3.8) is 0 Å². The normalized spacial score (nSPS) is 15.6. The molecule has 0 aliphatic carbocycles. The molecule has 28 heavy (non-hydrogen) atoms. The number of nitrogens with one attached hydrogen (secondary N) is 2. The highest BCUT2D eigenvalue weighted by Crippen LogP contribution is 2.38. The molecule has 1 aromatic carbocycles. The van der Waals surface area contributed by atoms with E-state index < -0.39 is 9.84 Å². The third-order valence-corrected chi connectivity index (χ3v) is 6.13. The average Bonchev–Trinajstić information content (AvgIpc) is 3.14. The number of hydrogen-bond donors (Lipinski definition) is 2. The van der Waals surface area contributed by atoms with Gasteiger partial charge in [-0.3, -0.25) is 5.10 Å². The van der Waals surface area contributed by atoms with E-state index in [9.17, 15) is 8.42 Å². The number of H-pyrrole nitrogens is 1. The maximum absolute atomic E-state index is 12.0. The Hall–Kier alpha value is -2.29. The van der Waals surface area contributed by atoms with E-state index in [0.717, 1.165) is 49.0 Å². The lowest BCUT2D eigenvalue weighted by atomic mass is 9.90. The highest BCUT2D eigenvalue weighted by Gasteiger charge is 2.27. The Morgan fingerprint density at radius 1 is 1.11 bits per heavy atom. The summed E-state index contributed by atoms with van der Waals surface area (Å²) in [4.78, 5) is 8.72. The summed E-state index contributed by atoms with van der Waals surface area (Å²) < 4.78 is 24.0. The molecule has 146 valence electrons. The largest absolute Gasteiger partial charge is 0.317 e. The molecule has 0 spiro atoms. The molecule has 3 aromatic rings. The fourth-order valence-corrected chi connectivity index (χ4v) is 4.16. The second kappa shape index (κ2) is 7.62. The standard InChI is InChI=1S/C19H20ClN5O2S/c1-28(26,27)15-8-11-22-19(23-15)16-17(12-2-4-14(20)5-3-12)24-25-18(16)13-6-9-21-10-7-13/h2-5,8,11,13,21H,6-7,9-10H2,1H3,(H,24,25). The fourth-order valence-electron chi connectivity index (χ4n) is 3.47. The van der Waals surface area contributed by atoms with Crippen LogP contribution >= 0.6 is 11.6 Å². The van der Waals surface area contributed by atoms with Crippen LogP contribution in [0.25, 0.3) is 22.6 Å². The summed E-state index contributed by atoms with van der Waals surface area (Å²) in [6, 6.07) is 8.77. The Labute approximate surface area is 168 Å². The predicted octanol–water partition coefficient (Wildman–Crippen LogP) is 3.06. The minimum atomic E-state index is -3.45. The number of benzene rings is 1. The summed E-state index contributed by atoms with van der Waals surface area (Å²) in [7, 11) is -3.45. The summed E-state index contributed by atoms with van der Waals surface area (Å²) in [5.41, 5.74) is 3.25. The molecule has 7 nitrogen and oxygen atoms in total. The van der Waals surface area contributed by atoms with Crippen LogP contribution in [-0.4, -0.2) is 47.9 Å². The van der Waals surface area contributed by atoms with Gasteiger partial charge in [-0.2, -0.15) is 5.10 Å². The van der Waals surface area contributed by atoms with Crippen molar-refractivity contribution in [2.45, 2.75) is 23.8 Å². The van der Waals surface area contributed by atoms with E-state index in [-0.39, 0.29) is 10.9 Å². The highest BCUT2D eigenvalue weighted by molar-refractivity contribution is 7.90. The number of aromatic amines is 1. The van der Waals surface area contributed by atoms with E-state index in [0.29, 0.717) is 16.5 Å². The molecule has 4 rings (SSSR count). The van der Waals surface area contributed by atoms with Gasteiger partial charge in [0, 0.05) is 29.0 Å². The van der Waals surface area contributed by atoms with E-state index in [2.05, 4.69) is 25.5 Å². The van der Waals surface area contributed by atoms with Crippen molar-refractivity contribution < 1.29 is 8.42 Å². The number of sulfone groups is 1. The second-order valence-corrected chi connectivity index (χ2v) is 9.28. The van der Waals surface area contributed by atoms with Crippen LogP contribution in [0.5, 0.6) is 0 Å². The second-order valence-electron chi connectivity index (χ2n) is 6.88. The first-order chi connectivity index (χ1) is 13.4. The molecule has 0 atom stereocenters. The number of aromatic nitrogens is 4. The Bertz CT molecular complexity index is 1090. The van der Waals surface area contributed by atoms with E-state index in [1.54, 1.807) is 12.1 Å². The number of hydrogen-bond acceptors (Lipinski definition) is 6. The van der Waals surface area contributed by atoms with E-state index in [1.165, 1.54) is 12.3 Å². The molecule has 0 saturated carbocycles. The van der Waals surface area contributed by atoms with Crippen molar-refractivity contribution in [2.75, 3.05) is 19.3 Å². The summed E-state index contributed by atoms with van der Waals surface area (Å²) >= 11 is 6.03. The van der Waals surface area contributed by atoms with Gasteiger partial charge in [-0.15, -0.1) is 0 Å². The Morgan fingerprint density at radius 3 is 2.50 bits per heavy atom. The van der Waals surface area contributed by atoms with Gasteiger partial charge in [0.2, 0.25) is 0 Å². The molecule has 1 saturated heterocycles. The van der Waals surface area contributed by atoms with Gasteiger partial charge in [-0.05, 0) is 44.1 Å². The number of rotatable bonds is 4. The quantitative estimate of drug-likeness (QED) is 0.633. The van der Waals surface area contributed by atoms with Gasteiger partial charge in [0.15, 0.2) is 20.7 Å². The Kier molecular flexibility index (Phi) is 5.18. The number of nitrogens with zero attached hydrogens (tertiary/aromatic N) is 3. The molecular weight excluding hydrogens is 398 g/mol. The fraction of sp³-hybridized carbons (Fsp3) is 0.316. The zero-order valence-electron chi connectivity index (χ0n) is 15.3. The molecule has 0 radical (unpaired) electrons. The highest BCUT2D eigenvalue weighted by atomic mass is 35.5. The maximum atomic E-state index is 12.0. The van der Waals surface area contributed by atoms with Gasteiger partial charge in [-0.25, -0.2) is 18.4 Å². The van der Waals surface area contributed by atoms with Crippen LogP contribution in [0, 0.1) is 0 Å². The van der Waals surface area contributed by atoms with E-state index in [1.807, 2.05) is 12.1 Å². The van der Waals surface area contributed by atoms with Gasteiger partial charge in [0.1, 0.15) is 5.69 Å². The average molecular weight is 418 g/mol. The van der Waals surface area contributed by atoms with Crippen molar-refractivity contribution in [1.29, 1.82) is 0 Å². The molecule has 0 bridgehead atoms. The van der Waals surface area contributed by atoms with E-state index in [4.69, 9.17) is 11.6 Å². The van der Waals surface area contributed by atoms with Crippen molar-refractivity contribution in [3.05, 3.63) is 47.2 Å². The Morgan fingerprint density at radius 2 is 1.82 bits per heavy atom. The smallest absolute Gasteiger partial charge is 0.192 e. The van der Waals surface area contributed by atoms with Crippen LogP contribution in [0.1, 0.15) is 24.5 Å². The topological polar surface area (TPSA) is 101 Å². The maximum Gasteiger partial charge on any atom is 0.192 e. The lowest BCUT2D eigenvalue weighted by Gasteiger charge is -2.22. The summed E-state index contributed by atoms with van der Waals surface area (Å²) in [6.45, 7) is 1.84. The van der Waals surface area contributed by atoms with Crippen molar-refractivity contribution in [3.8, 4) is 22.6 Å². The monoisotopic (exact) mass is 417 g/mol. The van der Waals surface area contributed by atoms with Gasteiger partial charge in [-0.1, -0.05) is 23.7 Å². The molecule has 1 fully saturated rings. The molecule has 1 aliphatic heterocycles. The van der Waals surface area contributed by atoms with Crippen LogP contribution in [-0.2, 0) is 9.84 Å². The molecule has 2 aromatic heterocycles. The van der Waals surface area contributed by atoms with Gasteiger partial charge >= 0.3 is 0 Å². The Balaban J connectivity index is 1.90. The van der Waals surface area contributed by atoms with Crippen LogP contribution in [0.15, 0.2) is 41.6 Å². The first-order valence-electron chi connectivity index (χ1n) is 9.02. The molecule has 9 heteroatoms. The van der Waals surface area contributed by atoms with Gasteiger partial charge < -0.3 is 5.32 Å². The predicted molar refractivity (Wildman–Crippen MR) is 108 cm³/mol. The van der Waals surface area contributed by atoms with Gasteiger partial charge in [0.05, 0.1) is 11.3 Å². The van der Waals surface area contributed by atoms with Crippen molar-refractivity contribution in [2.24, 2.45) is 0 Å². The summed E-state index contributed by atoms with van der Waals surface area (Å²) in [5.74, 6) is 0.630. The zero-order valence-corrected chi connectivity index (χ0v) is 16.9. The first-order valence-corrected chi connectivity index (χ1v) is 11.3. The minimum Gasteiger partial charge on any atom is -0.317 e. The number of halogens is 1. The molecule has 1 aliphatic rings. The summed E-state index contributed by atoms with van der Waals surface area (Å²) in [6.07, 6.45) is 4.54. The number of piperidine rings is 1. The third-order valence-electron chi connectivity index (χ3n) is 4.89. The summed E-state index contributed by atoms with van der Waals surface area (Å²) in [5, 5.41) is 11.7. The zero-order chi connectivity index (χ0) is 19.7. The van der Waals surface area contributed by atoms with Crippen LogP contribution in [0.3, 0.4) is 0 Å². The van der Waals surface area contributed by atoms with Crippen LogP contribution < -0.4 is 5.32 Å². The lowest BCUT2D eigenvalue weighted by molar-refractivity contribution is 0.453. The van der Waals surface area contributed by atoms with Crippen LogP contribution in [0.2, 0.25) is 5.02 Å². The third kappa shape index (κ3) is 3.80. The first kappa shape index (κ1) is 19.0. The van der Waals surface area contributed by atoms with E-state index >= 15 is 0 Å². The molecule has 0 amide bonds. The van der Waals surface area contributed by atoms with Crippen molar-refractivity contribution >= 4 is 21.4 Å². The van der Waals surface area contributed by atoms with Crippen molar-refractivity contribution in [1.82, 2.24) is 25.5 Å². The van der Waals surface area contributed by atoms with Gasteiger partial charge in [0.25, 0.3) is 0 Å². The minimum absolute atomic E-state index is 0.00276. The molecule has 3 heterocycles. The molecule has 0 unspecified atom stereocenters. The SMILES string of the molecule is CS(=O)(=O)c1ccnc(-c2c(-c3ccc(Cl)cc3)n[nH]c2C2CCNCC2)n1. The van der Waals surface area contributed by atoms with Crippen LogP contribution in [0.4, 0.5) is 0 Å².